The van der Waals surface area contributed by atoms with Gasteiger partial charge in [-0.25, -0.2) is 4.98 Å². The highest BCUT2D eigenvalue weighted by Crippen LogP contribution is 2.25. The Morgan fingerprint density at radius 1 is 1.19 bits per heavy atom. The molecule has 0 unspecified atom stereocenters. The van der Waals surface area contributed by atoms with Gasteiger partial charge in [0, 0.05) is 17.6 Å². The molecule has 0 fully saturated rings. The molecule has 0 saturated heterocycles. The number of ether oxygens (including phenoxy) is 1. The van der Waals surface area contributed by atoms with E-state index in [2.05, 4.69) is 22.1 Å². The maximum atomic E-state index is 11.4. The molecular formula is C19H21N5O2. The van der Waals surface area contributed by atoms with Gasteiger partial charge in [-0.1, -0.05) is 18.2 Å². The van der Waals surface area contributed by atoms with Crippen molar-refractivity contribution in [1.82, 2.24) is 15.2 Å². The summed E-state index contributed by atoms with van der Waals surface area (Å²) < 4.78 is 5.14. The summed E-state index contributed by atoms with van der Waals surface area (Å²) in [6, 6.07) is 7.66. The molecule has 3 rings (SSSR count). The fourth-order valence-corrected chi connectivity index (χ4v) is 2.99. The van der Waals surface area contributed by atoms with Crippen LogP contribution in [0.15, 0.2) is 30.5 Å². The van der Waals surface area contributed by atoms with Gasteiger partial charge in [0.05, 0.1) is 18.3 Å². The molecule has 0 aliphatic rings. The summed E-state index contributed by atoms with van der Waals surface area (Å²) in [5.41, 5.74) is 15.7. The van der Waals surface area contributed by atoms with Crippen LogP contribution in [0, 0.1) is 6.92 Å². The van der Waals surface area contributed by atoms with E-state index in [0.717, 1.165) is 30.4 Å². The summed E-state index contributed by atoms with van der Waals surface area (Å²) in [6.07, 6.45) is 4.48. The van der Waals surface area contributed by atoms with Crippen molar-refractivity contribution in [2.24, 2.45) is 5.73 Å². The number of carbonyl (C=O) groups is 1. The van der Waals surface area contributed by atoms with Gasteiger partial charge in [-0.05, 0) is 42.9 Å². The van der Waals surface area contributed by atoms with Crippen molar-refractivity contribution in [3.63, 3.8) is 0 Å². The molecule has 134 valence electrons. The van der Waals surface area contributed by atoms with Crippen LogP contribution in [0.2, 0.25) is 0 Å². The average molecular weight is 351 g/mol. The van der Waals surface area contributed by atoms with E-state index in [9.17, 15) is 4.79 Å². The summed E-state index contributed by atoms with van der Waals surface area (Å²) in [6.45, 7) is 2.05. The number of nitrogens with two attached hydrogens (primary N) is 2. The van der Waals surface area contributed by atoms with Gasteiger partial charge in [0.2, 0.25) is 5.88 Å². The predicted molar refractivity (Wildman–Crippen MR) is 100 cm³/mol. The van der Waals surface area contributed by atoms with Crippen molar-refractivity contribution in [3.05, 3.63) is 52.8 Å². The summed E-state index contributed by atoms with van der Waals surface area (Å²) in [5.74, 6) is -0.0545. The van der Waals surface area contributed by atoms with Gasteiger partial charge in [-0.2, -0.15) is 0 Å². The quantitative estimate of drug-likeness (QED) is 0.703. The summed E-state index contributed by atoms with van der Waals surface area (Å²) >= 11 is 0. The van der Waals surface area contributed by atoms with E-state index in [1.54, 1.807) is 7.11 Å². The first kappa shape index (κ1) is 17.6. The molecule has 4 N–H and O–H groups in total. The van der Waals surface area contributed by atoms with Crippen LogP contribution < -0.4 is 16.2 Å². The van der Waals surface area contributed by atoms with Gasteiger partial charge < -0.3 is 16.2 Å². The van der Waals surface area contributed by atoms with Crippen LogP contribution in [0.1, 0.15) is 33.6 Å². The Balaban J connectivity index is 1.79. The minimum absolute atomic E-state index is 0.00887. The highest BCUT2D eigenvalue weighted by molar-refractivity contribution is 6.04. The number of pyridine rings is 1. The standard InChI is InChI=1S/C19H21N5O2/c1-11-9-15(26-2)22-10-13(11)7-3-5-12-6-4-8-14-16(20)18(19(21)25)24-23-17(12)14/h4,6,8-10H,3,5,7H2,1-2H3,(H2,20,23)(H2,21,25). The van der Waals surface area contributed by atoms with E-state index < -0.39 is 5.91 Å². The van der Waals surface area contributed by atoms with Crippen molar-refractivity contribution >= 4 is 22.5 Å². The Labute approximate surface area is 151 Å². The second-order valence-corrected chi connectivity index (χ2v) is 6.15. The highest BCUT2D eigenvalue weighted by atomic mass is 16.5. The number of benzene rings is 1. The number of nitrogens with zero attached hydrogens (tertiary/aromatic N) is 3. The van der Waals surface area contributed by atoms with Crippen LogP contribution in [0.4, 0.5) is 5.69 Å². The van der Waals surface area contributed by atoms with Crippen molar-refractivity contribution < 1.29 is 9.53 Å². The van der Waals surface area contributed by atoms with E-state index in [1.807, 2.05) is 30.5 Å². The van der Waals surface area contributed by atoms with E-state index in [0.29, 0.717) is 16.8 Å². The van der Waals surface area contributed by atoms with Crippen LogP contribution in [0.5, 0.6) is 5.88 Å². The lowest BCUT2D eigenvalue weighted by Gasteiger charge is -2.10. The van der Waals surface area contributed by atoms with Crippen molar-refractivity contribution in [2.75, 3.05) is 12.8 Å². The summed E-state index contributed by atoms with van der Waals surface area (Å²) in [4.78, 5) is 15.6. The molecule has 2 heterocycles. The normalized spacial score (nSPS) is 10.8. The maximum Gasteiger partial charge on any atom is 0.271 e. The van der Waals surface area contributed by atoms with Crippen molar-refractivity contribution in [1.29, 1.82) is 0 Å². The molecule has 0 radical (unpaired) electrons. The highest BCUT2D eigenvalue weighted by Gasteiger charge is 2.14. The van der Waals surface area contributed by atoms with Crippen molar-refractivity contribution in [2.45, 2.75) is 26.2 Å². The Bertz CT molecular complexity index is 972. The number of carbonyl (C=O) groups excluding carboxylic acids is 1. The molecule has 0 bridgehead atoms. The number of amides is 1. The summed E-state index contributed by atoms with van der Waals surface area (Å²) in [7, 11) is 1.61. The zero-order chi connectivity index (χ0) is 18.7. The number of methoxy groups -OCH3 is 1. The monoisotopic (exact) mass is 351 g/mol. The average Bonchev–Trinajstić information content (AvgIpc) is 2.63. The number of aryl methyl sites for hydroxylation is 3. The summed E-state index contributed by atoms with van der Waals surface area (Å²) in [5, 5.41) is 8.76. The second-order valence-electron chi connectivity index (χ2n) is 6.15. The lowest BCUT2D eigenvalue weighted by atomic mass is 10.00. The fourth-order valence-electron chi connectivity index (χ4n) is 2.99. The number of anilines is 1. The van der Waals surface area contributed by atoms with Gasteiger partial charge in [0.15, 0.2) is 5.69 Å². The largest absolute Gasteiger partial charge is 0.481 e. The Hall–Kier alpha value is -3.22. The molecule has 0 aliphatic heterocycles. The van der Waals surface area contributed by atoms with Gasteiger partial charge in [0.25, 0.3) is 5.91 Å². The van der Waals surface area contributed by atoms with Crippen LogP contribution >= 0.6 is 0 Å². The Kier molecular flexibility index (Phi) is 4.97. The fraction of sp³-hybridized carbons (Fsp3) is 0.263. The van der Waals surface area contributed by atoms with Crippen LogP contribution in [-0.4, -0.2) is 28.2 Å². The molecule has 1 aromatic carbocycles. The van der Waals surface area contributed by atoms with Crippen LogP contribution in [-0.2, 0) is 12.8 Å². The molecule has 2 aromatic heterocycles. The smallest absolute Gasteiger partial charge is 0.271 e. The molecule has 0 atom stereocenters. The topological polar surface area (TPSA) is 117 Å². The number of rotatable bonds is 6. The second kappa shape index (κ2) is 7.35. The SMILES string of the molecule is COc1cc(C)c(CCCc2cccc3c(N)c(C(N)=O)nnc23)cn1. The van der Waals surface area contributed by atoms with Gasteiger partial charge in [0.1, 0.15) is 0 Å². The third kappa shape index (κ3) is 3.42. The first-order chi connectivity index (χ1) is 12.5. The third-order valence-corrected chi connectivity index (χ3v) is 4.44. The molecule has 26 heavy (non-hydrogen) atoms. The Morgan fingerprint density at radius 3 is 2.65 bits per heavy atom. The number of fused-ring (bicyclic) bond motifs is 1. The zero-order valence-corrected chi connectivity index (χ0v) is 14.8. The molecule has 0 saturated carbocycles. The number of hydrogen-bond acceptors (Lipinski definition) is 6. The third-order valence-electron chi connectivity index (χ3n) is 4.44. The zero-order valence-electron chi connectivity index (χ0n) is 14.8. The van der Waals surface area contributed by atoms with Gasteiger partial charge in [-0.3, -0.25) is 4.79 Å². The van der Waals surface area contributed by atoms with Crippen LogP contribution in [0.25, 0.3) is 10.9 Å². The molecule has 7 heteroatoms. The molecular weight excluding hydrogens is 330 g/mol. The first-order valence-corrected chi connectivity index (χ1v) is 8.34. The minimum atomic E-state index is -0.676. The lowest BCUT2D eigenvalue weighted by molar-refractivity contribution is 0.0996. The number of aromatic nitrogens is 3. The molecule has 7 nitrogen and oxygen atoms in total. The predicted octanol–water partition coefficient (Wildman–Crippen LogP) is 2.20. The lowest BCUT2D eigenvalue weighted by Crippen LogP contribution is -2.17. The molecule has 0 aliphatic carbocycles. The first-order valence-electron chi connectivity index (χ1n) is 8.34. The number of primary amides is 1. The maximum absolute atomic E-state index is 11.4. The van der Waals surface area contributed by atoms with Gasteiger partial charge >= 0.3 is 0 Å². The van der Waals surface area contributed by atoms with Gasteiger partial charge in [-0.15, -0.1) is 10.2 Å². The van der Waals surface area contributed by atoms with E-state index in [-0.39, 0.29) is 11.4 Å². The molecule has 3 aromatic rings. The molecule has 0 spiro atoms. The van der Waals surface area contributed by atoms with E-state index >= 15 is 0 Å². The van der Waals surface area contributed by atoms with Crippen molar-refractivity contribution in [3.8, 4) is 5.88 Å². The van der Waals surface area contributed by atoms with E-state index in [4.69, 9.17) is 16.2 Å². The molecule has 1 amide bonds. The number of nitrogen functional groups attached to an aromatic ring is 1. The minimum Gasteiger partial charge on any atom is -0.481 e. The van der Waals surface area contributed by atoms with E-state index in [1.165, 1.54) is 5.56 Å². The number of hydrogen-bond donors (Lipinski definition) is 2. The Morgan fingerprint density at radius 2 is 1.96 bits per heavy atom. The van der Waals surface area contributed by atoms with Crippen LogP contribution in [0.3, 0.4) is 0 Å².